The summed E-state index contributed by atoms with van der Waals surface area (Å²) in [6.45, 7) is 2.00. The Bertz CT molecular complexity index is 564. The van der Waals surface area contributed by atoms with Gasteiger partial charge >= 0.3 is 0 Å². The molecule has 1 aromatic carbocycles. The van der Waals surface area contributed by atoms with Crippen LogP contribution in [0.25, 0.3) is 11.3 Å². The molecule has 0 amide bonds. The fourth-order valence-corrected chi connectivity index (χ4v) is 1.80. The van der Waals surface area contributed by atoms with E-state index in [0.29, 0.717) is 11.3 Å². The summed E-state index contributed by atoms with van der Waals surface area (Å²) in [4.78, 5) is 15.3. The molecular weight excluding hydrogens is 257 g/mol. The van der Waals surface area contributed by atoms with Crippen LogP contribution in [0.3, 0.4) is 0 Å². The molecule has 2 nitrogen and oxygen atoms in total. The van der Waals surface area contributed by atoms with Crippen molar-refractivity contribution in [2.45, 2.75) is 6.92 Å². The Balaban J connectivity index is 2.51. The van der Waals surface area contributed by atoms with Crippen LogP contribution >= 0.6 is 23.2 Å². The number of carbonyl (C=O) groups is 1. The topological polar surface area (TPSA) is 30.0 Å². The summed E-state index contributed by atoms with van der Waals surface area (Å²) in [6, 6.07) is 10.9. The molecule has 0 aliphatic carbocycles. The molecule has 0 saturated heterocycles. The van der Waals surface area contributed by atoms with Crippen molar-refractivity contribution in [3.05, 3.63) is 52.7 Å². The number of carbonyl (C=O) groups excluding carboxylic acids is 1. The number of halogens is 2. The molecule has 1 heterocycles. The summed E-state index contributed by atoms with van der Waals surface area (Å²) in [6.07, 6.45) is 0. The summed E-state index contributed by atoms with van der Waals surface area (Å²) in [5, 5.41) is -0.283. The van der Waals surface area contributed by atoms with Crippen molar-refractivity contribution in [3.63, 3.8) is 0 Å². The number of pyridine rings is 1. The third-order valence-electron chi connectivity index (χ3n) is 2.37. The fourth-order valence-electron chi connectivity index (χ4n) is 1.48. The molecule has 0 radical (unpaired) electrons. The highest BCUT2D eigenvalue weighted by Gasteiger charge is 2.08. The smallest absolute Gasteiger partial charge is 0.252 e. The van der Waals surface area contributed by atoms with Crippen LogP contribution in [0, 0.1) is 6.92 Å². The van der Waals surface area contributed by atoms with Crippen LogP contribution in [-0.4, -0.2) is 10.2 Å². The molecule has 0 saturated carbocycles. The zero-order valence-electron chi connectivity index (χ0n) is 9.08. The van der Waals surface area contributed by atoms with Crippen LogP contribution in [0.15, 0.2) is 36.4 Å². The lowest BCUT2D eigenvalue weighted by Crippen LogP contribution is -1.93. The van der Waals surface area contributed by atoms with E-state index in [1.54, 1.807) is 6.07 Å². The molecule has 86 valence electrons. The average molecular weight is 266 g/mol. The minimum absolute atomic E-state index is 0.257. The molecule has 0 unspecified atom stereocenters. The van der Waals surface area contributed by atoms with E-state index in [0.717, 1.165) is 11.1 Å². The second kappa shape index (κ2) is 4.86. The molecule has 0 N–H and O–H groups in total. The first-order chi connectivity index (χ1) is 8.06. The molecule has 2 aromatic rings. The molecule has 17 heavy (non-hydrogen) atoms. The first-order valence-corrected chi connectivity index (χ1v) is 5.76. The van der Waals surface area contributed by atoms with Gasteiger partial charge in [0.25, 0.3) is 5.24 Å². The van der Waals surface area contributed by atoms with Crippen LogP contribution in [0.1, 0.15) is 15.9 Å². The number of nitrogens with zero attached hydrogens (tertiary/aromatic N) is 1. The highest BCUT2D eigenvalue weighted by atomic mass is 35.5. The monoisotopic (exact) mass is 265 g/mol. The summed E-state index contributed by atoms with van der Waals surface area (Å²) < 4.78 is 0. The van der Waals surface area contributed by atoms with Gasteiger partial charge in [0.15, 0.2) is 0 Å². The number of hydrogen-bond donors (Lipinski definition) is 0. The molecule has 0 bridgehead atoms. The van der Waals surface area contributed by atoms with Crippen molar-refractivity contribution < 1.29 is 4.79 Å². The second-order valence-electron chi connectivity index (χ2n) is 3.70. The van der Waals surface area contributed by atoms with Gasteiger partial charge in [-0.2, -0.15) is 0 Å². The van der Waals surface area contributed by atoms with Crippen LogP contribution in [0.5, 0.6) is 0 Å². The Kier molecular flexibility index (Phi) is 3.46. The van der Waals surface area contributed by atoms with Gasteiger partial charge in [-0.15, -0.1) is 0 Å². The lowest BCUT2D eigenvalue weighted by molar-refractivity contribution is 0.108. The minimum Gasteiger partial charge on any atom is -0.276 e. The van der Waals surface area contributed by atoms with Crippen molar-refractivity contribution >= 4 is 28.4 Å². The van der Waals surface area contributed by atoms with Gasteiger partial charge in [-0.05, 0) is 30.7 Å². The molecule has 4 heteroatoms. The Labute approximate surface area is 109 Å². The first kappa shape index (κ1) is 12.1. The van der Waals surface area contributed by atoms with Gasteiger partial charge in [-0.1, -0.05) is 41.4 Å². The summed E-state index contributed by atoms with van der Waals surface area (Å²) >= 11 is 11.3. The fraction of sp³-hybridized carbons (Fsp3) is 0.0769. The van der Waals surface area contributed by atoms with E-state index >= 15 is 0 Å². The van der Waals surface area contributed by atoms with Crippen molar-refractivity contribution in [2.75, 3.05) is 0 Å². The van der Waals surface area contributed by atoms with Crippen molar-refractivity contribution in [3.8, 4) is 11.3 Å². The molecular formula is C13H9Cl2NO. The zero-order chi connectivity index (χ0) is 12.4. The molecule has 0 fully saturated rings. The highest BCUT2D eigenvalue weighted by molar-refractivity contribution is 6.67. The third kappa shape index (κ3) is 2.84. The van der Waals surface area contributed by atoms with Gasteiger partial charge in [-0.3, -0.25) is 4.79 Å². The minimum atomic E-state index is -0.539. The number of aryl methyl sites for hydroxylation is 1. The average Bonchev–Trinajstić information content (AvgIpc) is 2.29. The maximum Gasteiger partial charge on any atom is 0.252 e. The normalized spacial score (nSPS) is 10.3. The standard InChI is InChI=1S/C13H9Cl2NO/c1-8-2-4-9(5-3-8)11-6-10(13(15)17)7-12(14)16-11/h2-7H,1H3. The van der Waals surface area contributed by atoms with Gasteiger partial charge < -0.3 is 0 Å². The number of rotatable bonds is 2. The first-order valence-electron chi connectivity index (χ1n) is 5.01. The zero-order valence-corrected chi connectivity index (χ0v) is 10.6. The largest absolute Gasteiger partial charge is 0.276 e. The van der Waals surface area contributed by atoms with Crippen molar-refractivity contribution in [1.29, 1.82) is 0 Å². The third-order valence-corrected chi connectivity index (χ3v) is 2.78. The SMILES string of the molecule is Cc1ccc(-c2cc(C(=O)Cl)cc(Cl)n2)cc1. The summed E-state index contributed by atoms with van der Waals surface area (Å²) in [7, 11) is 0. The van der Waals surface area contributed by atoms with E-state index in [1.165, 1.54) is 6.07 Å². The van der Waals surface area contributed by atoms with Crippen molar-refractivity contribution in [1.82, 2.24) is 4.98 Å². The van der Waals surface area contributed by atoms with E-state index in [4.69, 9.17) is 23.2 Å². The van der Waals surface area contributed by atoms with Crippen LogP contribution in [0.2, 0.25) is 5.15 Å². The van der Waals surface area contributed by atoms with E-state index in [2.05, 4.69) is 4.98 Å². The summed E-state index contributed by atoms with van der Waals surface area (Å²) in [5.41, 5.74) is 3.05. The van der Waals surface area contributed by atoms with Gasteiger partial charge in [0.2, 0.25) is 0 Å². The molecule has 1 aromatic heterocycles. The maximum atomic E-state index is 11.1. The molecule has 0 aliphatic rings. The van der Waals surface area contributed by atoms with Crippen molar-refractivity contribution in [2.24, 2.45) is 0 Å². The predicted octanol–water partition coefficient (Wildman–Crippen LogP) is 4.09. The lowest BCUT2D eigenvalue weighted by atomic mass is 10.1. The predicted molar refractivity (Wildman–Crippen MR) is 69.6 cm³/mol. The van der Waals surface area contributed by atoms with Crippen LogP contribution < -0.4 is 0 Å². The van der Waals surface area contributed by atoms with E-state index in [-0.39, 0.29) is 5.15 Å². The Hall–Kier alpha value is -1.38. The Morgan fingerprint density at radius 3 is 2.41 bits per heavy atom. The lowest BCUT2D eigenvalue weighted by Gasteiger charge is -2.04. The maximum absolute atomic E-state index is 11.1. The highest BCUT2D eigenvalue weighted by Crippen LogP contribution is 2.22. The van der Waals surface area contributed by atoms with E-state index in [1.807, 2.05) is 31.2 Å². The molecule has 2 rings (SSSR count). The number of benzene rings is 1. The van der Waals surface area contributed by atoms with Gasteiger partial charge in [0.05, 0.1) is 5.69 Å². The van der Waals surface area contributed by atoms with E-state index < -0.39 is 5.24 Å². The molecule has 0 spiro atoms. The van der Waals surface area contributed by atoms with E-state index in [9.17, 15) is 4.79 Å². The number of hydrogen-bond acceptors (Lipinski definition) is 2. The Morgan fingerprint density at radius 2 is 1.82 bits per heavy atom. The molecule has 0 aliphatic heterocycles. The van der Waals surface area contributed by atoms with Gasteiger partial charge in [0, 0.05) is 11.1 Å². The Morgan fingerprint density at radius 1 is 1.18 bits per heavy atom. The number of aromatic nitrogens is 1. The van der Waals surface area contributed by atoms with Crippen LogP contribution in [0.4, 0.5) is 0 Å². The summed E-state index contributed by atoms with van der Waals surface area (Å²) in [5.74, 6) is 0. The van der Waals surface area contributed by atoms with Gasteiger partial charge in [0.1, 0.15) is 5.15 Å². The van der Waals surface area contributed by atoms with Gasteiger partial charge in [-0.25, -0.2) is 4.98 Å². The quantitative estimate of drug-likeness (QED) is 0.605. The van der Waals surface area contributed by atoms with Crippen LogP contribution in [-0.2, 0) is 0 Å². The second-order valence-corrected chi connectivity index (χ2v) is 4.43. The molecule has 0 atom stereocenters.